The van der Waals surface area contributed by atoms with E-state index in [0.717, 1.165) is 51.3 Å². The highest BCUT2D eigenvalue weighted by Gasteiger charge is 2.43. The lowest BCUT2D eigenvalue weighted by Gasteiger charge is -2.39. The SMILES string of the molecule is CCOCC.Cc1ccc(S(=O)(=O)OCC[C@H]2Oc3c(c(C)nn3-c3ccccc3)[C@@H](c3ccc(Br)cc3)[C@@H]2c2ccccc2)cc1. The van der Waals surface area contributed by atoms with Crippen molar-refractivity contribution in [1.29, 1.82) is 0 Å². The van der Waals surface area contributed by atoms with Gasteiger partial charge in [0, 0.05) is 41.5 Å². The van der Waals surface area contributed by atoms with Crippen LogP contribution in [0.1, 0.15) is 60.1 Å². The van der Waals surface area contributed by atoms with Crippen LogP contribution in [0.15, 0.2) is 119 Å². The zero-order valence-corrected chi connectivity index (χ0v) is 29.6. The van der Waals surface area contributed by atoms with E-state index in [4.69, 9.17) is 18.8 Å². The Morgan fingerprint density at radius 1 is 0.809 bits per heavy atom. The monoisotopic (exact) mass is 716 g/mol. The minimum absolute atomic E-state index is 0.0228. The molecule has 6 rings (SSSR count). The van der Waals surface area contributed by atoms with Crippen molar-refractivity contribution in [3.05, 3.63) is 142 Å². The summed E-state index contributed by atoms with van der Waals surface area (Å²) in [5.74, 6) is 0.475. The highest BCUT2D eigenvalue weighted by molar-refractivity contribution is 9.10. The summed E-state index contributed by atoms with van der Waals surface area (Å²) >= 11 is 3.58. The minimum Gasteiger partial charge on any atom is -0.473 e. The number of rotatable bonds is 10. The van der Waals surface area contributed by atoms with Crippen LogP contribution in [0, 0.1) is 13.8 Å². The number of benzene rings is 4. The summed E-state index contributed by atoms with van der Waals surface area (Å²) in [6.45, 7) is 9.58. The molecule has 7 nitrogen and oxygen atoms in total. The first-order valence-electron chi connectivity index (χ1n) is 15.9. The predicted octanol–water partition coefficient (Wildman–Crippen LogP) is 8.77. The van der Waals surface area contributed by atoms with Crippen molar-refractivity contribution in [3.8, 4) is 11.6 Å². The number of ether oxygens (including phenoxy) is 2. The minimum atomic E-state index is -3.92. The maximum Gasteiger partial charge on any atom is 0.296 e. The predicted molar refractivity (Wildman–Crippen MR) is 189 cm³/mol. The van der Waals surface area contributed by atoms with Gasteiger partial charge in [-0.3, -0.25) is 4.18 Å². The summed E-state index contributed by atoms with van der Waals surface area (Å²) in [5, 5.41) is 4.94. The van der Waals surface area contributed by atoms with E-state index in [0.29, 0.717) is 12.3 Å². The second-order valence-corrected chi connectivity index (χ2v) is 13.9. The quantitative estimate of drug-likeness (QED) is 0.135. The number of aryl methyl sites for hydroxylation is 2. The van der Waals surface area contributed by atoms with Crippen molar-refractivity contribution < 1.29 is 22.1 Å². The fourth-order valence-corrected chi connectivity index (χ4v) is 7.15. The smallest absolute Gasteiger partial charge is 0.296 e. The fourth-order valence-electron chi connectivity index (χ4n) is 5.96. The molecule has 0 saturated carbocycles. The molecule has 0 saturated heterocycles. The molecule has 2 heterocycles. The maximum atomic E-state index is 13.0. The van der Waals surface area contributed by atoms with Crippen LogP contribution in [-0.4, -0.2) is 44.1 Å². The Labute approximate surface area is 286 Å². The first-order chi connectivity index (χ1) is 22.7. The molecular weight excluding hydrogens is 676 g/mol. The number of para-hydroxylation sites is 1. The first-order valence-corrected chi connectivity index (χ1v) is 18.1. The van der Waals surface area contributed by atoms with Crippen LogP contribution in [0.5, 0.6) is 5.88 Å². The van der Waals surface area contributed by atoms with E-state index in [1.165, 1.54) is 0 Å². The zero-order chi connectivity index (χ0) is 33.4. The Morgan fingerprint density at radius 3 is 2.02 bits per heavy atom. The van der Waals surface area contributed by atoms with Gasteiger partial charge in [0.15, 0.2) is 0 Å². The molecule has 0 radical (unpaired) electrons. The summed E-state index contributed by atoms with van der Waals surface area (Å²) in [4.78, 5) is 0.144. The summed E-state index contributed by atoms with van der Waals surface area (Å²) < 4.78 is 46.1. The first kappa shape index (κ1) is 34.6. The number of halogens is 1. The molecule has 0 bridgehead atoms. The molecule has 0 aliphatic carbocycles. The molecule has 1 aromatic heterocycles. The summed E-state index contributed by atoms with van der Waals surface area (Å²) in [6, 6.07) is 35.2. The average molecular weight is 718 g/mol. The van der Waals surface area contributed by atoms with Gasteiger partial charge in [-0.25, -0.2) is 4.68 Å². The lowest BCUT2D eigenvalue weighted by atomic mass is 9.72. The number of nitrogens with zero attached hydrogens (tertiary/aromatic N) is 2. The third kappa shape index (κ3) is 8.22. The molecule has 4 aromatic carbocycles. The molecule has 0 spiro atoms. The zero-order valence-electron chi connectivity index (χ0n) is 27.2. The molecule has 3 atom stereocenters. The van der Waals surface area contributed by atoms with Crippen LogP contribution in [0.2, 0.25) is 0 Å². The molecule has 1 aliphatic rings. The molecule has 47 heavy (non-hydrogen) atoms. The van der Waals surface area contributed by atoms with E-state index in [1.807, 2.05) is 80.9 Å². The van der Waals surface area contributed by atoms with Crippen LogP contribution in [0.3, 0.4) is 0 Å². The van der Waals surface area contributed by atoms with Gasteiger partial charge >= 0.3 is 0 Å². The third-order valence-corrected chi connectivity index (χ3v) is 10.0. The highest BCUT2D eigenvalue weighted by atomic mass is 79.9. The Morgan fingerprint density at radius 2 is 1.43 bits per heavy atom. The van der Waals surface area contributed by atoms with E-state index < -0.39 is 10.1 Å². The molecule has 246 valence electrons. The van der Waals surface area contributed by atoms with Crippen molar-refractivity contribution in [3.63, 3.8) is 0 Å². The van der Waals surface area contributed by atoms with E-state index in [2.05, 4.69) is 52.3 Å². The molecule has 0 fully saturated rings. The van der Waals surface area contributed by atoms with E-state index in [1.54, 1.807) is 24.3 Å². The molecule has 9 heteroatoms. The lowest BCUT2D eigenvalue weighted by molar-refractivity contribution is 0.104. The van der Waals surface area contributed by atoms with Crippen LogP contribution in [0.4, 0.5) is 0 Å². The Balaban J connectivity index is 0.000000807. The normalized spacial score (nSPS) is 17.3. The lowest BCUT2D eigenvalue weighted by Crippen LogP contribution is -2.36. The molecule has 5 aromatic rings. The van der Waals surface area contributed by atoms with Crippen molar-refractivity contribution in [2.45, 2.75) is 57.0 Å². The van der Waals surface area contributed by atoms with Gasteiger partial charge in [0.05, 0.1) is 22.9 Å². The van der Waals surface area contributed by atoms with Gasteiger partial charge in [-0.05, 0) is 75.2 Å². The van der Waals surface area contributed by atoms with Gasteiger partial charge in [0.25, 0.3) is 10.1 Å². The standard InChI is InChI=1S/C34H31BrN2O4S.C4H10O/c1-23-13-19-29(20-14-23)42(38,39)40-22-21-30-32(25-9-5-3-6-10-25)33(26-15-17-27(35)18-16-26)31-24(2)36-37(34(31)41-30)28-11-7-4-8-12-28;1-3-5-4-2/h3-20,30,32-33H,21-22H2,1-2H3;3-4H2,1-2H3/t30-,32-,33-;/m1./s1. The molecular formula is C38H41BrN2O5S. The van der Waals surface area contributed by atoms with Crippen molar-refractivity contribution in [2.75, 3.05) is 19.8 Å². The van der Waals surface area contributed by atoms with Crippen LogP contribution in [0.25, 0.3) is 5.69 Å². The molecule has 0 N–H and O–H groups in total. The van der Waals surface area contributed by atoms with Crippen LogP contribution in [-0.2, 0) is 19.0 Å². The number of hydrogen-bond donors (Lipinski definition) is 0. The molecule has 0 amide bonds. The van der Waals surface area contributed by atoms with Gasteiger partial charge in [0.2, 0.25) is 5.88 Å². The molecule has 1 aliphatic heterocycles. The van der Waals surface area contributed by atoms with Crippen LogP contribution < -0.4 is 4.74 Å². The highest BCUT2D eigenvalue weighted by Crippen LogP contribution is 2.51. The number of aromatic nitrogens is 2. The Hall–Kier alpha value is -3.76. The Bertz CT molecular complexity index is 1830. The van der Waals surface area contributed by atoms with Crippen molar-refractivity contribution in [1.82, 2.24) is 9.78 Å². The second-order valence-electron chi connectivity index (χ2n) is 11.3. The van der Waals surface area contributed by atoms with Crippen molar-refractivity contribution in [2.24, 2.45) is 0 Å². The van der Waals surface area contributed by atoms with E-state index >= 15 is 0 Å². The summed E-state index contributed by atoms with van der Waals surface area (Å²) in [6.07, 6.45) is -0.0313. The maximum absolute atomic E-state index is 13.0. The van der Waals surface area contributed by atoms with Crippen molar-refractivity contribution >= 4 is 26.0 Å². The second kappa shape index (κ2) is 15.9. The largest absolute Gasteiger partial charge is 0.473 e. The third-order valence-electron chi connectivity index (χ3n) is 8.17. The van der Waals surface area contributed by atoms with Gasteiger partial charge in [-0.15, -0.1) is 0 Å². The number of fused-ring (bicyclic) bond motifs is 1. The van der Waals surface area contributed by atoms with Crippen LogP contribution >= 0.6 is 15.9 Å². The van der Waals surface area contributed by atoms with E-state index in [9.17, 15) is 8.42 Å². The van der Waals surface area contributed by atoms with Gasteiger partial charge in [-0.1, -0.05) is 94.3 Å². The summed E-state index contributed by atoms with van der Waals surface area (Å²) in [7, 11) is -3.92. The van der Waals surface area contributed by atoms with Gasteiger partial charge in [0.1, 0.15) is 6.10 Å². The van der Waals surface area contributed by atoms with Gasteiger partial charge in [-0.2, -0.15) is 13.5 Å². The van der Waals surface area contributed by atoms with E-state index in [-0.39, 0.29) is 29.4 Å². The summed E-state index contributed by atoms with van der Waals surface area (Å²) in [5.41, 5.74) is 6.03. The average Bonchev–Trinajstić information content (AvgIpc) is 3.41. The Kier molecular flexibility index (Phi) is 11.7. The number of hydrogen-bond acceptors (Lipinski definition) is 6. The topological polar surface area (TPSA) is 79.7 Å². The van der Waals surface area contributed by atoms with Gasteiger partial charge < -0.3 is 9.47 Å². The molecule has 0 unspecified atom stereocenters. The fraction of sp³-hybridized carbons (Fsp3) is 0.289.